The van der Waals surface area contributed by atoms with Crippen molar-refractivity contribution in [3.63, 3.8) is 0 Å². The zero-order valence-electron chi connectivity index (χ0n) is 17.8. The zero-order chi connectivity index (χ0) is 23.2. The molecule has 0 saturated heterocycles. The van der Waals surface area contributed by atoms with Crippen LogP contribution in [0.25, 0.3) is 0 Å². The third-order valence-corrected chi connectivity index (χ3v) is 6.78. The first-order valence-electron chi connectivity index (χ1n) is 9.67. The summed E-state index contributed by atoms with van der Waals surface area (Å²) in [7, 11) is -2.28. The van der Waals surface area contributed by atoms with Crippen molar-refractivity contribution in [2.24, 2.45) is 0 Å². The first-order valence-corrected chi connectivity index (χ1v) is 11.1. The van der Waals surface area contributed by atoms with Gasteiger partial charge in [0.2, 0.25) is 10.0 Å². The maximum absolute atomic E-state index is 12.6. The van der Waals surface area contributed by atoms with Gasteiger partial charge in [0, 0.05) is 18.7 Å². The molecule has 0 heterocycles. The van der Waals surface area contributed by atoms with Crippen molar-refractivity contribution in [2.45, 2.75) is 38.3 Å². The summed E-state index contributed by atoms with van der Waals surface area (Å²) in [5, 5.41) is 2.78. The van der Waals surface area contributed by atoms with E-state index in [1.165, 1.54) is 41.7 Å². The van der Waals surface area contributed by atoms with E-state index in [9.17, 15) is 22.0 Å². The molecule has 1 atom stereocenters. The van der Waals surface area contributed by atoms with Crippen LogP contribution in [0.3, 0.4) is 0 Å². The average molecular weight is 457 g/mol. The highest BCUT2D eigenvalue weighted by Crippen LogP contribution is 2.29. The Kier molecular flexibility index (Phi) is 8.35. The van der Waals surface area contributed by atoms with Crippen molar-refractivity contribution in [1.29, 1.82) is 0 Å². The van der Waals surface area contributed by atoms with E-state index in [1.54, 1.807) is 32.9 Å². The summed E-state index contributed by atoms with van der Waals surface area (Å²) in [5.74, 6) is -0.618. The van der Waals surface area contributed by atoms with E-state index >= 15 is 0 Å². The van der Waals surface area contributed by atoms with Crippen molar-refractivity contribution in [3.05, 3.63) is 53.6 Å². The number of ether oxygens (including phenoxy) is 2. The first-order chi connectivity index (χ1) is 14.6. The molecule has 31 heavy (non-hydrogen) atoms. The van der Waals surface area contributed by atoms with Gasteiger partial charge in [0.25, 0.3) is 5.91 Å². The van der Waals surface area contributed by atoms with E-state index in [-0.39, 0.29) is 22.0 Å². The number of hydrogen-bond acceptors (Lipinski definition) is 5. The van der Waals surface area contributed by atoms with E-state index in [0.717, 1.165) is 0 Å². The maximum Gasteiger partial charge on any atom is 0.387 e. The van der Waals surface area contributed by atoms with Crippen LogP contribution in [0.15, 0.2) is 47.4 Å². The molecule has 2 rings (SSSR count). The van der Waals surface area contributed by atoms with Crippen LogP contribution in [-0.2, 0) is 10.0 Å². The molecule has 7 nitrogen and oxygen atoms in total. The summed E-state index contributed by atoms with van der Waals surface area (Å²) < 4.78 is 60.8. The predicted octanol–water partition coefficient (Wildman–Crippen LogP) is 3.82. The smallest absolute Gasteiger partial charge is 0.387 e. The Morgan fingerprint density at radius 3 is 2.19 bits per heavy atom. The fraction of sp³-hybridized carbons (Fsp3) is 0.381. The Labute approximate surface area is 181 Å². The van der Waals surface area contributed by atoms with Gasteiger partial charge in [-0.1, -0.05) is 26.0 Å². The third kappa shape index (κ3) is 5.92. The molecule has 1 amide bonds. The molecule has 0 aliphatic rings. The van der Waals surface area contributed by atoms with Gasteiger partial charge in [0.15, 0.2) is 11.5 Å². The van der Waals surface area contributed by atoms with Crippen LogP contribution in [0.2, 0.25) is 0 Å². The summed E-state index contributed by atoms with van der Waals surface area (Å²) >= 11 is 0. The number of nitrogens with one attached hydrogen (secondary N) is 1. The lowest BCUT2D eigenvalue weighted by molar-refractivity contribution is -0.0512. The van der Waals surface area contributed by atoms with Crippen molar-refractivity contribution >= 4 is 15.9 Å². The highest BCUT2D eigenvalue weighted by atomic mass is 32.2. The molecule has 0 aliphatic carbocycles. The molecule has 2 aromatic rings. The summed E-state index contributed by atoms with van der Waals surface area (Å²) in [5.41, 5.74) is 0.905. The molecule has 1 unspecified atom stereocenters. The van der Waals surface area contributed by atoms with Crippen LogP contribution in [0.1, 0.15) is 42.7 Å². The van der Waals surface area contributed by atoms with Crippen molar-refractivity contribution in [2.75, 3.05) is 20.2 Å². The molecule has 0 bridgehead atoms. The van der Waals surface area contributed by atoms with Gasteiger partial charge in [0.05, 0.1) is 18.0 Å². The minimum Gasteiger partial charge on any atom is -0.493 e. The largest absolute Gasteiger partial charge is 0.493 e. The Hall–Kier alpha value is -2.72. The van der Waals surface area contributed by atoms with Crippen LogP contribution in [-0.4, -0.2) is 45.4 Å². The topological polar surface area (TPSA) is 84.9 Å². The maximum atomic E-state index is 12.6. The molecular weight excluding hydrogens is 430 g/mol. The molecule has 1 N–H and O–H groups in total. The van der Waals surface area contributed by atoms with E-state index in [1.807, 2.05) is 0 Å². The van der Waals surface area contributed by atoms with Crippen LogP contribution < -0.4 is 14.8 Å². The second kappa shape index (κ2) is 10.5. The quantitative estimate of drug-likeness (QED) is 0.588. The van der Waals surface area contributed by atoms with Crippen molar-refractivity contribution in [3.8, 4) is 11.5 Å². The number of carbonyl (C=O) groups excluding carboxylic acids is 1. The fourth-order valence-corrected chi connectivity index (χ4v) is 4.46. The van der Waals surface area contributed by atoms with Gasteiger partial charge >= 0.3 is 6.61 Å². The van der Waals surface area contributed by atoms with Crippen LogP contribution in [0, 0.1) is 0 Å². The standard InChI is InChI=1S/C21H26F2N2O5S/c1-5-25(6-2)31(27,28)17-10-7-15(8-11-17)14(3)24-20(26)16-9-12-18(30-21(22)23)19(13-16)29-4/h7-14,21H,5-6H2,1-4H3,(H,24,26). The van der Waals surface area contributed by atoms with Crippen molar-refractivity contribution < 1.29 is 31.5 Å². The molecule has 0 fully saturated rings. The second-order valence-electron chi connectivity index (χ2n) is 6.60. The summed E-state index contributed by atoms with van der Waals surface area (Å²) in [6, 6.07) is 9.75. The lowest BCUT2D eigenvalue weighted by Gasteiger charge is -2.19. The number of alkyl halides is 2. The minimum atomic E-state index is -3.56. The highest BCUT2D eigenvalue weighted by Gasteiger charge is 2.22. The minimum absolute atomic E-state index is 0.00608. The highest BCUT2D eigenvalue weighted by molar-refractivity contribution is 7.89. The van der Waals surface area contributed by atoms with Gasteiger partial charge in [0.1, 0.15) is 0 Å². The Balaban J connectivity index is 2.14. The van der Waals surface area contributed by atoms with Crippen LogP contribution in [0.5, 0.6) is 11.5 Å². The normalized spacial score (nSPS) is 12.6. The van der Waals surface area contributed by atoms with Crippen LogP contribution in [0.4, 0.5) is 8.78 Å². The number of methoxy groups -OCH3 is 1. The summed E-state index contributed by atoms with van der Waals surface area (Å²) in [6.07, 6.45) is 0. The number of carbonyl (C=O) groups is 1. The van der Waals surface area contributed by atoms with E-state index in [2.05, 4.69) is 10.1 Å². The van der Waals surface area contributed by atoms with Gasteiger partial charge in [-0.15, -0.1) is 0 Å². The Bertz CT molecular complexity index is 993. The van der Waals surface area contributed by atoms with E-state index in [0.29, 0.717) is 18.7 Å². The van der Waals surface area contributed by atoms with Gasteiger partial charge < -0.3 is 14.8 Å². The monoisotopic (exact) mass is 456 g/mol. The lowest BCUT2D eigenvalue weighted by Crippen LogP contribution is -2.30. The Morgan fingerprint density at radius 1 is 1.06 bits per heavy atom. The summed E-state index contributed by atoms with van der Waals surface area (Å²) in [6.45, 7) is 3.02. The average Bonchev–Trinajstić information content (AvgIpc) is 2.74. The van der Waals surface area contributed by atoms with Gasteiger partial charge in [-0.2, -0.15) is 13.1 Å². The van der Waals surface area contributed by atoms with E-state index < -0.39 is 28.6 Å². The number of sulfonamides is 1. The molecule has 0 spiro atoms. The number of amides is 1. The third-order valence-electron chi connectivity index (χ3n) is 4.71. The molecule has 170 valence electrons. The second-order valence-corrected chi connectivity index (χ2v) is 8.54. The van der Waals surface area contributed by atoms with Gasteiger partial charge in [-0.25, -0.2) is 8.42 Å². The number of nitrogens with zero attached hydrogens (tertiary/aromatic N) is 1. The zero-order valence-corrected chi connectivity index (χ0v) is 18.6. The first kappa shape index (κ1) is 24.5. The number of halogens is 2. The molecular formula is C21H26F2N2O5S. The van der Waals surface area contributed by atoms with Crippen LogP contribution >= 0.6 is 0 Å². The van der Waals surface area contributed by atoms with Crippen molar-refractivity contribution in [1.82, 2.24) is 9.62 Å². The lowest BCUT2D eigenvalue weighted by atomic mass is 10.1. The SMILES string of the molecule is CCN(CC)S(=O)(=O)c1ccc(C(C)NC(=O)c2ccc(OC(F)F)c(OC)c2)cc1. The number of benzene rings is 2. The number of hydrogen-bond donors (Lipinski definition) is 1. The van der Waals surface area contributed by atoms with Gasteiger partial charge in [-0.3, -0.25) is 4.79 Å². The summed E-state index contributed by atoms with van der Waals surface area (Å²) in [4.78, 5) is 12.7. The molecule has 2 aromatic carbocycles. The molecule has 0 radical (unpaired) electrons. The fourth-order valence-electron chi connectivity index (χ4n) is 3.01. The molecule has 0 aliphatic heterocycles. The van der Waals surface area contributed by atoms with E-state index in [4.69, 9.17) is 4.74 Å². The molecule has 0 aromatic heterocycles. The molecule has 10 heteroatoms. The predicted molar refractivity (Wildman–Crippen MR) is 112 cm³/mol. The Morgan fingerprint density at radius 2 is 1.68 bits per heavy atom. The molecule has 0 saturated carbocycles. The van der Waals surface area contributed by atoms with Gasteiger partial charge in [-0.05, 0) is 42.8 Å². The number of rotatable bonds is 10.